The molecular weight excluding hydrogens is 320 g/mol. The number of nitrogens with zero attached hydrogens (tertiary/aromatic N) is 3. The second-order valence-corrected chi connectivity index (χ2v) is 6.22. The predicted molar refractivity (Wildman–Crippen MR) is 90.4 cm³/mol. The number of nitriles is 1. The third-order valence-corrected chi connectivity index (χ3v) is 4.56. The summed E-state index contributed by atoms with van der Waals surface area (Å²) in [4.78, 5) is 0. The molecule has 2 saturated heterocycles. The highest BCUT2D eigenvalue weighted by atomic mass is 16.7. The highest BCUT2D eigenvalue weighted by Gasteiger charge is 2.42. The van der Waals surface area contributed by atoms with E-state index in [1.165, 1.54) is 0 Å². The molecule has 130 valence electrons. The molecule has 25 heavy (non-hydrogen) atoms. The molecule has 0 bridgehead atoms. The van der Waals surface area contributed by atoms with Gasteiger partial charge in [0.1, 0.15) is 23.6 Å². The van der Waals surface area contributed by atoms with Crippen LogP contribution in [0.4, 0.5) is 5.82 Å². The fourth-order valence-electron chi connectivity index (χ4n) is 3.24. The number of para-hydroxylation sites is 1. The van der Waals surface area contributed by atoms with Gasteiger partial charge in [0.25, 0.3) is 0 Å². The Kier molecular flexibility index (Phi) is 4.40. The summed E-state index contributed by atoms with van der Waals surface area (Å²) in [5.41, 5.74) is 1.40. The molecule has 7 nitrogen and oxygen atoms in total. The van der Waals surface area contributed by atoms with E-state index in [0.29, 0.717) is 37.7 Å². The van der Waals surface area contributed by atoms with Gasteiger partial charge >= 0.3 is 0 Å². The molecule has 2 aromatic rings. The number of nitrogens with one attached hydrogen (secondary N) is 1. The Hall–Kier alpha value is -2.40. The third kappa shape index (κ3) is 3.24. The summed E-state index contributed by atoms with van der Waals surface area (Å²) >= 11 is 0. The summed E-state index contributed by atoms with van der Waals surface area (Å²) in [5.74, 6) is 0.174. The number of aromatic nitrogens is 2. The predicted octanol–water partition coefficient (Wildman–Crippen LogP) is 2.08. The van der Waals surface area contributed by atoms with Crippen molar-refractivity contribution in [3.8, 4) is 11.8 Å². The summed E-state index contributed by atoms with van der Waals surface area (Å²) < 4.78 is 19.2. The number of benzene rings is 1. The molecule has 0 aliphatic carbocycles. The molecule has 1 atom stereocenters. The zero-order chi connectivity index (χ0) is 17.1. The van der Waals surface area contributed by atoms with E-state index in [2.05, 4.69) is 16.5 Å². The molecule has 2 fully saturated rings. The fourth-order valence-corrected chi connectivity index (χ4v) is 3.24. The Morgan fingerprint density at radius 3 is 2.84 bits per heavy atom. The summed E-state index contributed by atoms with van der Waals surface area (Å²) in [7, 11) is 0. The van der Waals surface area contributed by atoms with Crippen molar-refractivity contribution >= 4 is 5.82 Å². The minimum atomic E-state index is -0.498. The molecule has 2 aliphatic rings. The van der Waals surface area contributed by atoms with Crippen LogP contribution in [-0.2, 0) is 14.2 Å². The maximum atomic E-state index is 9.36. The van der Waals surface area contributed by atoms with E-state index >= 15 is 0 Å². The minimum Gasteiger partial charge on any atom is -0.381 e. The Bertz CT molecular complexity index is 762. The molecule has 2 aliphatic heterocycles. The maximum absolute atomic E-state index is 9.36. The molecule has 4 rings (SSSR count). The van der Waals surface area contributed by atoms with Crippen molar-refractivity contribution in [2.75, 3.05) is 31.7 Å². The lowest BCUT2D eigenvalue weighted by Gasteiger charge is -2.31. The molecule has 1 N–H and O–H groups in total. The normalized spacial score (nSPS) is 22.0. The summed E-state index contributed by atoms with van der Waals surface area (Å²) in [6.45, 7) is 2.42. The van der Waals surface area contributed by atoms with Crippen LogP contribution in [-0.4, -0.2) is 48.0 Å². The van der Waals surface area contributed by atoms with Gasteiger partial charge < -0.3 is 19.5 Å². The monoisotopic (exact) mass is 340 g/mol. The Balaban J connectivity index is 1.46. The van der Waals surface area contributed by atoms with Gasteiger partial charge in [-0.05, 0) is 12.1 Å². The number of anilines is 1. The zero-order valence-corrected chi connectivity index (χ0v) is 13.9. The van der Waals surface area contributed by atoms with Crippen molar-refractivity contribution in [2.24, 2.45) is 0 Å². The van der Waals surface area contributed by atoms with Crippen LogP contribution in [0.25, 0.3) is 5.69 Å². The number of rotatable bonds is 4. The topological polar surface area (TPSA) is 81.3 Å². The van der Waals surface area contributed by atoms with Crippen molar-refractivity contribution in [3.05, 3.63) is 42.1 Å². The molecule has 1 unspecified atom stereocenters. The Labute approximate surface area is 146 Å². The van der Waals surface area contributed by atoms with Gasteiger partial charge in [0.15, 0.2) is 5.79 Å². The molecule has 1 spiro atoms. The lowest BCUT2D eigenvalue weighted by molar-refractivity contribution is -0.209. The van der Waals surface area contributed by atoms with Gasteiger partial charge in [-0.25, -0.2) is 4.68 Å². The van der Waals surface area contributed by atoms with E-state index in [1.54, 1.807) is 10.9 Å². The van der Waals surface area contributed by atoms with E-state index in [0.717, 1.165) is 18.5 Å². The van der Waals surface area contributed by atoms with E-state index in [4.69, 9.17) is 14.2 Å². The van der Waals surface area contributed by atoms with Gasteiger partial charge in [-0.15, -0.1) is 0 Å². The first-order valence-electron chi connectivity index (χ1n) is 8.47. The van der Waals surface area contributed by atoms with Crippen molar-refractivity contribution in [1.29, 1.82) is 5.26 Å². The van der Waals surface area contributed by atoms with Crippen LogP contribution in [0.5, 0.6) is 0 Å². The van der Waals surface area contributed by atoms with Gasteiger partial charge in [-0.2, -0.15) is 10.4 Å². The second kappa shape index (κ2) is 6.84. The SMILES string of the molecule is N#Cc1cnn(-c2ccccc2)c1NCC1COC2(CCOCC2)O1. The van der Waals surface area contributed by atoms with Crippen molar-refractivity contribution in [2.45, 2.75) is 24.7 Å². The molecule has 7 heteroatoms. The highest BCUT2D eigenvalue weighted by molar-refractivity contribution is 5.56. The lowest BCUT2D eigenvalue weighted by Crippen LogP contribution is -2.38. The molecule has 3 heterocycles. The van der Waals surface area contributed by atoms with Crippen molar-refractivity contribution in [3.63, 3.8) is 0 Å². The third-order valence-electron chi connectivity index (χ3n) is 4.56. The van der Waals surface area contributed by atoms with E-state index < -0.39 is 5.79 Å². The first-order valence-corrected chi connectivity index (χ1v) is 8.47. The first-order chi connectivity index (χ1) is 12.3. The van der Waals surface area contributed by atoms with Gasteiger partial charge in [0, 0.05) is 19.4 Å². The van der Waals surface area contributed by atoms with Gasteiger partial charge in [-0.1, -0.05) is 18.2 Å². The summed E-state index contributed by atoms with van der Waals surface area (Å²) in [6.07, 6.45) is 3.02. The van der Waals surface area contributed by atoms with Crippen LogP contribution in [0.2, 0.25) is 0 Å². The second-order valence-electron chi connectivity index (χ2n) is 6.22. The van der Waals surface area contributed by atoms with Crippen LogP contribution in [0.15, 0.2) is 36.5 Å². The largest absolute Gasteiger partial charge is 0.381 e. The van der Waals surface area contributed by atoms with Crippen LogP contribution < -0.4 is 5.32 Å². The number of hydrogen-bond donors (Lipinski definition) is 1. The van der Waals surface area contributed by atoms with Crippen LogP contribution in [0.1, 0.15) is 18.4 Å². The molecule has 1 aromatic carbocycles. The van der Waals surface area contributed by atoms with Crippen LogP contribution in [0, 0.1) is 11.3 Å². The summed E-state index contributed by atoms with van der Waals surface area (Å²) in [6, 6.07) is 11.9. The lowest BCUT2D eigenvalue weighted by atomic mass is 10.1. The van der Waals surface area contributed by atoms with Crippen LogP contribution in [0.3, 0.4) is 0 Å². The van der Waals surface area contributed by atoms with Gasteiger partial charge in [0.05, 0.1) is 31.7 Å². The van der Waals surface area contributed by atoms with Crippen LogP contribution >= 0.6 is 0 Å². The smallest absolute Gasteiger partial charge is 0.173 e. The molecule has 0 radical (unpaired) electrons. The van der Waals surface area contributed by atoms with Gasteiger partial charge in [0.2, 0.25) is 0 Å². The standard InChI is InChI=1S/C18H20N4O3/c19-10-14-11-21-22(15-4-2-1-3-5-15)17(14)20-12-16-13-24-18(25-16)6-8-23-9-7-18/h1-5,11,16,20H,6-9,12-13H2. The Morgan fingerprint density at radius 1 is 1.28 bits per heavy atom. The Morgan fingerprint density at radius 2 is 2.08 bits per heavy atom. The molecule has 0 amide bonds. The quantitative estimate of drug-likeness (QED) is 0.918. The minimum absolute atomic E-state index is 0.0660. The van der Waals surface area contributed by atoms with Gasteiger partial charge in [-0.3, -0.25) is 0 Å². The average molecular weight is 340 g/mol. The average Bonchev–Trinajstić information content (AvgIpc) is 3.25. The fraction of sp³-hybridized carbons (Fsp3) is 0.444. The molecular formula is C18H20N4O3. The zero-order valence-electron chi connectivity index (χ0n) is 13.9. The molecule has 1 aromatic heterocycles. The maximum Gasteiger partial charge on any atom is 0.173 e. The van der Waals surface area contributed by atoms with E-state index in [-0.39, 0.29) is 6.10 Å². The van der Waals surface area contributed by atoms with Crippen molar-refractivity contribution < 1.29 is 14.2 Å². The first kappa shape index (κ1) is 16.1. The molecule has 0 saturated carbocycles. The summed E-state index contributed by atoms with van der Waals surface area (Å²) in [5, 5.41) is 17.0. The number of hydrogen-bond acceptors (Lipinski definition) is 6. The van der Waals surface area contributed by atoms with E-state index in [9.17, 15) is 5.26 Å². The number of ether oxygens (including phenoxy) is 3. The van der Waals surface area contributed by atoms with Crippen molar-refractivity contribution in [1.82, 2.24) is 9.78 Å². The highest BCUT2D eigenvalue weighted by Crippen LogP contribution is 2.33. The van der Waals surface area contributed by atoms with E-state index in [1.807, 2.05) is 30.3 Å².